The van der Waals surface area contributed by atoms with Crippen LogP contribution in [0.25, 0.3) is 0 Å². The van der Waals surface area contributed by atoms with Crippen molar-refractivity contribution < 1.29 is 14.6 Å². The minimum atomic E-state index is -0.0619. The highest BCUT2D eigenvalue weighted by Gasteiger charge is 2.06. The number of thioether (sulfide) groups is 1. The highest BCUT2D eigenvalue weighted by atomic mass is 35.5. The van der Waals surface area contributed by atoms with Gasteiger partial charge in [0.2, 0.25) is 5.91 Å². The Morgan fingerprint density at radius 2 is 2.15 bits per heavy atom. The van der Waals surface area contributed by atoms with Crippen molar-refractivity contribution in [3.05, 3.63) is 28.2 Å². The monoisotopic (exact) mass is 337 g/mol. The zero-order valence-electron chi connectivity index (χ0n) is 10.9. The molecule has 1 aromatic rings. The maximum Gasteiger partial charge on any atom is 0.230 e. The number of carbonyl (C=O) groups is 1. The molecular weight excluding hydrogens is 321 g/mol. The minimum Gasteiger partial charge on any atom is -0.394 e. The van der Waals surface area contributed by atoms with Gasteiger partial charge in [0.1, 0.15) is 0 Å². The molecule has 1 amide bonds. The summed E-state index contributed by atoms with van der Waals surface area (Å²) >= 11 is 13.2. The molecule has 0 saturated heterocycles. The summed E-state index contributed by atoms with van der Waals surface area (Å²) < 4.78 is 5.08. The van der Waals surface area contributed by atoms with Crippen molar-refractivity contribution in [3.63, 3.8) is 0 Å². The SMILES string of the molecule is O=C(CSc1cc(Cl)ccc1Cl)NCCCOCCO. The second-order valence-electron chi connectivity index (χ2n) is 3.90. The van der Waals surface area contributed by atoms with Crippen LogP contribution in [-0.2, 0) is 9.53 Å². The van der Waals surface area contributed by atoms with E-state index in [1.807, 2.05) is 0 Å². The first-order chi connectivity index (χ1) is 9.63. The lowest BCUT2D eigenvalue weighted by molar-refractivity contribution is -0.118. The third-order valence-electron chi connectivity index (χ3n) is 2.28. The van der Waals surface area contributed by atoms with Gasteiger partial charge in [0.15, 0.2) is 0 Å². The molecule has 4 nitrogen and oxygen atoms in total. The topological polar surface area (TPSA) is 58.6 Å². The van der Waals surface area contributed by atoms with Gasteiger partial charge in [-0.25, -0.2) is 0 Å². The van der Waals surface area contributed by atoms with Crippen LogP contribution < -0.4 is 5.32 Å². The van der Waals surface area contributed by atoms with E-state index < -0.39 is 0 Å². The lowest BCUT2D eigenvalue weighted by Crippen LogP contribution is -2.27. The average molecular weight is 338 g/mol. The number of nitrogens with one attached hydrogen (secondary N) is 1. The molecule has 7 heteroatoms. The van der Waals surface area contributed by atoms with E-state index in [2.05, 4.69) is 5.32 Å². The maximum absolute atomic E-state index is 11.6. The number of hydrogen-bond donors (Lipinski definition) is 2. The van der Waals surface area contributed by atoms with Gasteiger partial charge in [-0.1, -0.05) is 23.2 Å². The summed E-state index contributed by atoms with van der Waals surface area (Å²) in [6, 6.07) is 5.16. The van der Waals surface area contributed by atoms with Crippen molar-refractivity contribution in [2.24, 2.45) is 0 Å². The summed E-state index contributed by atoms with van der Waals surface area (Å²) in [5, 5.41) is 12.5. The van der Waals surface area contributed by atoms with Gasteiger partial charge in [0.05, 0.1) is 24.0 Å². The van der Waals surface area contributed by atoms with Gasteiger partial charge in [-0.3, -0.25) is 4.79 Å². The number of aliphatic hydroxyl groups excluding tert-OH is 1. The molecule has 112 valence electrons. The van der Waals surface area contributed by atoms with E-state index in [9.17, 15) is 4.79 Å². The van der Waals surface area contributed by atoms with E-state index in [1.165, 1.54) is 11.8 Å². The van der Waals surface area contributed by atoms with Crippen LogP contribution >= 0.6 is 35.0 Å². The molecule has 0 atom stereocenters. The Morgan fingerprint density at radius 3 is 2.90 bits per heavy atom. The molecule has 0 saturated carbocycles. The Balaban J connectivity index is 2.18. The molecule has 0 aliphatic rings. The Labute approximate surface area is 132 Å². The second kappa shape index (κ2) is 10.3. The van der Waals surface area contributed by atoms with Crippen molar-refractivity contribution in [3.8, 4) is 0 Å². The van der Waals surface area contributed by atoms with E-state index in [1.54, 1.807) is 18.2 Å². The van der Waals surface area contributed by atoms with E-state index >= 15 is 0 Å². The fourth-order valence-corrected chi connectivity index (χ4v) is 2.67. The molecule has 1 aromatic carbocycles. The van der Waals surface area contributed by atoms with Crippen LogP contribution in [0.3, 0.4) is 0 Å². The van der Waals surface area contributed by atoms with Gasteiger partial charge in [-0.05, 0) is 24.6 Å². The minimum absolute atomic E-state index is 0.0173. The maximum atomic E-state index is 11.6. The van der Waals surface area contributed by atoms with E-state index in [4.69, 9.17) is 33.0 Å². The Bertz CT molecular complexity index is 432. The Hall–Kier alpha value is -0.460. The number of halogens is 2. The number of hydrogen-bond acceptors (Lipinski definition) is 4. The van der Waals surface area contributed by atoms with Gasteiger partial charge < -0.3 is 15.2 Å². The zero-order chi connectivity index (χ0) is 14.8. The normalized spacial score (nSPS) is 10.6. The van der Waals surface area contributed by atoms with Crippen LogP contribution in [0.4, 0.5) is 0 Å². The van der Waals surface area contributed by atoms with Crippen molar-refractivity contribution >= 4 is 40.9 Å². The summed E-state index contributed by atoms with van der Waals surface area (Å²) in [5.41, 5.74) is 0. The fraction of sp³-hybridized carbons (Fsp3) is 0.462. The van der Waals surface area contributed by atoms with Crippen molar-refractivity contribution in [1.29, 1.82) is 0 Å². The third kappa shape index (κ3) is 7.36. The molecule has 0 aromatic heterocycles. The molecule has 0 radical (unpaired) electrons. The molecular formula is C13H17Cl2NO3S. The lowest BCUT2D eigenvalue weighted by atomic mass is 10.4. The predicted molar refractivity (Wildman–Crippen MR) is 82.7 cm³/mol. The van der Waals surface area contributed by atoms with Gasteiger partial charge in [0.25, 0.3) is 0 Å². The summed E-state index contributed by atoms with van der Waals surface area (Å²) in [5.74, 6) is 0.227. The molecule has 1 rings (SSSR count). The number of rotatable bonds is 9. The fourth-order valence-electron chi connectivity index (χ4n) is 1.35. The molecule has 0 heterocycles. The first-order valence-electron chi connectivity index (χ1n) is 6.16. The molecule has 20 heavy (non-hydrogen) atoms. The number of ether oxygens (including phenoxy) is 1. The van der Waals surface area contributed by atoms with Gasteiger partial charge in [-0.2, -0.15) is 0 Å². The number of benzene rings is 1. The van der Waals surface area contributed by atoms with E-state index in [-0.39, 0.29) is 18.3 Å². The van der Waals surface area contributed by atoms with Gasteiger partial charge in [-0.15, -0.1) is 11.8 Å². The molecule has 0 spiro atoms. The second-order valence-corrected chi connectivity index (χ2v) is 5.76. The highest BCUT2D eigenvalue weighted by molar-refractivity contribution is 8.00. The largest absolute Gasteiger partial charge is 0.394 e. The summed E-state index contributed by atoms with van der Waals surface area (Å²) in [7, 11) is 0. The van der Waals surface area contributed by atoms with Crippen molar-refractivity contribution in [2.45, 2.75) is 11.3 Å². The molecule has 0 fully saturated rings. The van der Waals surface area contributed by atoms with Crippen LogP contribution in [0.1, 0.15) is 6.42 Å². The molecule has 0 aliphatic carbocycles. The quantitative estimate of drug-likeness (QED) is 0.537. The molecule has 0 bridgehead atoms. The Morgan fingerprint density at radius 1 is 1.35 bits per heavy atom. The molecule has 0 aliphatic heterocycles. The first-order valence-corrected chi connectivity index (χ1v) is 7.91. The molecule has 2 N–H and O–H groups in total. The summed E-state index contributed by atoms with van der Waals surface area (Å²) in [6.45, 7) is 1.42. The third-order valence-corrected chi connectivity index (χ3v) is 4.01. The van der Waals surface area contributed by atoms with Crippen LogP contribution in [0, 0.1) is 0 Å². The van der Waals surface area contributed by atoms with E-state index in [0.717, 1.165) is 4.90 Å². The number of carbonyl (C=O) groups excluding carboxylic acids is 1. The van der Waals surface area contributed by atoms with Crippen molar-refractivity contribution in [2.75, 3.05) is 32.1 Å². The number of amides is 1. The van der Waals surface area contributed by atoms with E-state index in [0.29, 0.717) is 36.2 Å². The van der Waals surface area contributed by atoms with Crippen molar-refractivity contribution in [1.82, 2.24) is 5.32 Å². The van der Waals surface area contributed by atoms with Gasteiger partial charge >= 0.3 is 0 Å². The van der Waals surface area contributed by atoms with Crippen LogP contribution in [-0.4, -0.2) is 43.1 Å². The highest BCUT2D eigenvalue weighted by Crippen LogP contribution is 2.29. The lowest BCUT2D eigenvalue weighted by Gasteiger charge is -2.07. The predicted octanol–water partition coefficient (Wildman–Crippen LogP) is 2.60. The Kier molecular flexibility index (Phi) is 9.05. The number of aliphatic hydroxyl groups is 1. The average Bonchev–Trinajstić information content (AvgIpc) is 2.43. The molecule has 0 unspecified atom stereocenters. The van der Waals surface area contributed by atoms with Gasteiger partial charge in [0, 0.05) is 23.1 Å². The summed E-state index contributed by atoms with van der Waals surface area (Å²) in [6.07, 6.45) is 0.717. The zero-order valence-corrected chi connectivity index (χ0v) is 13.2. The van der Waals surface area contributed by atoms with Crippen LogP contribution in [0.15, 0.2) is 23.1 Å². The standard InChI is InChI=1S/C13H17Cl2NO3S/c14-10-2-3-11(15)12(8-10)20-9-13(18)16-4-1-6-19-7-5-17/h2-3,8,17H,1,4-7,9H2,(H,16,18). The smallest absolute Gasteiger partial charge is 0.230 e. The summed E-state index contributed by atoms with van der Waals surface area (Å²) in [4.78, 5) is 12.4. The first kappa shape index (κ1) is 17.6. The van der Waals surface area contributed by atoms with Crippen LogP contribution in [0.2, 0.25) is 10.0 Å². The van der Waals surface area contributed by atoms with Crippen LogP contribution in [0.5, 0.6) is 0 Å².